The predicted molar refractivity (Wildman–Crippen MR) is 108 cm³/mol. The molecule has 142 valence electrons. The van der Waals surface area contributed by atoms with Crippen LogP contribution in [0.25, 0.3) is 16.7 Å². The Morgan fingerprint density at radius 3 is 2.45 bits per heavy atom. The van der Waals surface area contributed by atoms with Crippen LogP contribution in [0.5, 0.6) is 0 Å². The Morgan fingerprint density at radius 2 is 1.79 bits per heavy atom. The fourth-order valence-electron chi connectivity index (χ4n) is 2.85. The summed E-state index contributed by atoms with van der Waals surface area (Å²) in [7, 11) is 0. The summed E-state index contributed by atoms with van der Waals surface area (Å²) in [6, 6.07) is 16.1. The summed E-state index contributed by atoms with van der Waals surface area (Å²) in [5.41, 5.74) is 3.22. The zero-order valence-corrected chi connectivity index (χ0v) is 15.9. The molecular weight excluding hydrogens is 393 g/mol. The predicted octanol–water partition coefficient (Wildman–Crippen LogP) is 4.65. The molecule has 4 rings (SSSR count). The number of rotatable bonds is 3. The molecule has 29 heavy (non-hydrogen) atoms. The first-order valence-corrected chi connectivity index (χ1v) is 8.97. The van der Waals surface area contributed by atoms with Gasteiger partial charge in [-0.05, 0) is 67.1 Å². The summed E-state index contributed by atoms with van der Waals surface area (Å²) in [4.78, 5) is 14.0. The number of hydrogen-bond acceptors (Lipinski definition) is 4. The van der Waals surface area contributed by atoms with Crippen molar-refractivity contribution < 1.29 is 9.18 Å². The zero-order chi connectivity index (χ0) is 20.5. The van der Waals surface area contributed by atoms with E-state index in [0.29, 0.717) is 21.7 Å². The number of fused-ring (bicyclic) bond motifs is 1. The molecule has 0 unspecified atom stereocenters. The summed E-state index contributed by atoms with van der Waals surface area (Å²) in [5, 5.41) is 21.0. The van der Waals surface area contributed by atoms with E-state index in [9.17, 15) is 9.18 Å². The molecule has 0 aliphatic heterocycles. The molecular formula is C21H13ClFN5O. The van der Waals surface area contributed by atoms with E-state index < -0.39 is 11.7 Å². The lowest BCUT2D eigenvalue weighted by Gasteiger charge is -2.09. The highest BCUT2D eigenvalue weighted by atomic mass is 35.5. The second kappa shape index (κ2) is 7.34. The molecule has 3 aromatic carbocycles. The van der Waals surface area contributed by atoms with E-state index in [2.05, 4.69) is 15.5 Å². The molecule has 0 spiro atoms. The smallest absolute Gasteiger partial charge is 0.258 e. The van der Waals surface area contributed by atoms with E-state index in [4.69, 9.17) is 16.9 Å². The summed E-state index contributed by atoms with van der Waals surface area (Å²) in [6.07, 6.45) is 0. The lowest BCUT2D eigenvalue weighted by molar-refractivity contribution is 0.102. The van der Waals surface area contributed by atoms with Gasteiger partial charge in [0.25, 0.3) is 5.91 Å². The monoisotopic (exact) mass is 405 g/mol. The maximum absolute atomic E-state index is 14.1. The third-order valence-corrected chi connectivity index (χ3v) is 4.63. The van der Waals surface area contributed by atoms with Gasteiger partial charge in [0, 0.05) is 10.7 Å². The first-order valence-electron chi connectivity index (χ1n) is 8.59. The minimum Gasteiger partial charge on any atom is -0.322 e. The number of carbonyl (C=O) groups is 1. The summed E-state index contributed by atoms with van der Waals surface area (Å²) in [6.45, 7) is 1.81. The fraction of sp³-hybridized carbons (Fsp3) is 0.0476. The van der Waals surface area contributed by atoms with Crippen molar-refractivity contribution >= 4 is 34.2 Å². The topological polar surface area (TPSA) is 83.6 Å². The highest BCUT2D eigenvalue weighted by Gasteiger charge is 2.15. The average molecular weight is 406 g/mol. The Hall–Kier alpha value is -3.76. The number of amides is 1. The minimum absolute atomic E-state index is 0.145. The number of halogens is 2. The van der Waals surface area contributed by atoms with Gasteiger partial charge in [-0.25, -0.2) is 4.39 Å². The summed E-state index contributed by atoms with van der Waals surface area (Å²) < 4.78 is 14.1. The van der Waals surface area contributed by atoms with Crippen molar-refractivity contribution in [3.05, 3.63) is 82.1 Å². The van der Waals surface area contributed by atoms with Crippen LogP contribution < -0.4 is 5.32 Å². The van der Waals surface area contributed by atoms with Gasteiger partial charge in [-0.2, -0.15) is 10.1 Å². The third-order valence-electron chi connectivity index (χ3n) is 4.38. The number of nitrogens with zero attached hydrogens (tertiary/aromatic N) is 4. The van der Waals surface area contributed by atoms with Crippen LogP contribution in [0.3, 0.4) is 0 Å². The number of anilines is 1. The average Bonchev–Trinajstić information content (AvgIpc) is 3.11. The van der Waals surface area contributed by atoms with E-state index in [1.54, 1.807) is 36.4 Å². The van der Waals surface area contributed by atoms with Crippen molar-refractivity contribution in [1.29, 1.82) is 5.26 Å². The van der Waals surface area contributed by atoms with Crippen molar-refractivity contribution in [3.63, 3.8) is 0 Å². The molecule has 0 saturated heterocycles. The van der Waals surface area contributed by atoms with E-state index in [0.717, 1.165) is 17.3 Å². The van der Waals surface area contributed by atoms with Gasteiger partial charge in [-0.15, -0.1) is 10.2 Å². The maximum atomic E-state index is 14.1. The van der Waals surface area contributed by atoms with Gasteiger partial charge in [0.1, 0.15) is 16.9 Å². The number of carbonyl (C=O) groups excluding carboxylic acids is 1. The first-order chi connectivity index (χ1) is 13.9. The van der Waals surface area contributed by atoms with E-state index in [1.807, 2.05) is 13.0 Å². The SMILES string of the molecule is Cc1cc2nn(-c3ccc(Cl)cc3)nc2cc1NC(=O)c1ccc(C#N)cc1F. The van der Waals surface area contributed by atoms with Crippen molar-refractivity contribution in [2.75, 3.05) is 5.32 Å². The van der Waals surface area contributed by atoms with Crippen molar-refractivity contribution in [1.82, 2.24) is 15.0 Å². The molecule has 0 atom stereocenters. The van der Waals surface area contributed by atoms with Crippen LogP contribution in [0.4, 0.5) is 10.1 Å². The lowest BCUT2D eigenvalue weighted by atomic mass is 10.1. The second-order valence-electron chi connectivity index (χ2n) is 6.38. The molecule has 1 amide bonds. The molecule has 6 nitrogen and oxygen atoms in total. The van der Waals surface area contributed by atoms with Gasteiger partial charge in [0.15, 0.2) is 0 Å². The number of aryl methyl sites for hydroxylation is 1. The van der Waals surface area contributed by atoms with E-state index in [-0.39, 0.29) is 11.1 Å². The Balaban J connectivity index is 1.66. The van der Waals surface area contributed by atoms with Gasteiger partial charge in [0.05, 0.1) is 22.9 Å². The van der Waals surface area contributed by atoms with Crippen molar-refractivity contribution in [2.45, 2.75) is 6.92 Å². The molecule has 8 heteroatoms. The molecule has 0 saturated carbocycles. The van der Waals surface area contributed by atoms with Gasteiger partial charge in [-0.1, -0.05) is 11.6 Å². The molecule has 1 N–H and O–H groups in total. The van der Waals surface area contributed by atoms with Gasteiger partial charge in [-0.3, -0.25) is 4.79 Å². The third kappa shape index (κ3) is 3.66. The van der Waals surface area contributed by atoms with Crippen molar-refractivity contribution in [2.24, 2.45) is 0 Å². The lowest BCUT2D eigenvalue weighted by Crippen LogP contribution is -2.14. The van der Waals surface area contributed by atoms with E-state index >= 15 is 0 Å². The number of aromatic nitrogens is 3. The van der Waals surface area contributed by atoms with Crippen LogP contribution in [0.1, 0.15) is 21.5 Å². The van der Waals surface area contributed by atoms with Crippen molar-refractivity contribution in [3.8, 4) is 11.8 Å². The zero-order valence-electron chi connectivity index (χ0n) is 15.1. The van der Waals surface area contributed by atoms with Crippen LogP contribution >= 0.6 is 11.6 Å². The Labute approximate surface area is 170 Å². The quantitative estimate of drug-likeness (QED) is 0.538. The maximum Gasteiger partial charge on any atom is 0.258 e. The minimum atomic E-state index is -0.756. The molecule has 0 radical (unpaired) electrons. The van der Waals surface area contributed by atoms with Gasteiger partial charge < -0.3 is 5.32 Å². The van der Waals surface area contributed by atoms with Crippen LogP contribution in [0.2, 0.25) is 5.02 Å². The number of nitriles is 1. The second-order valence-corrected chi connectivity index (χ2v) is 6.82. The highest BCUT2D eigenvalue weighted by Crippen LogP contribution is 2.23. The highest BCUT2D eigenvalue weighted by molar-refractivity contribution is 6.30. The van der Waals surface area contributed by atoms with Crippen LogP contribution in [-0.4, -0.2) is 20.9 Å². The number of hydrogen-bond donors (Lipinski definition) is 1. The van der Waals surface area contributed by atoms with Gasteiger partial charge >= 0.3 is 0 Å². The first kappa shape index (κ1) is 18.6. The Kier molecular flexibility index (Phi) is 4.71. The Bertz CT molecular complexity index is 1290. The van der Waals surface area contributed by atoms with E-state index in [1.165, 1.54) is 16.9 Å². The largest absolute Gasteiger partial charge is 0.322 e. The molecule has 0 aliphatic rings. The van der Waals surface area contributed by atoms with Crippen LogP contribution in [-0.2, 0) is 0 Å². The number of benzene rings is 3. The molecule has 0 bridgehead atoms. The summed E-state index contributed by atoms with van der Waals surface area (Å²) >= 11 is 5.91. The number of nitrogens with one attached hydrogen (secondary N) is 1. The molecule has 0 aliphatic carbocycles. The molecule has 1 heterocycles. The van der Waals surface area contributed by atoms with Crippen LogP contribution in [0, 0.1) is 24.1 Å². The molecule has 1 aromatic heterocycles. The van der Waals surface area contributed by atoms with Gasteiger partial charge in [0.2, 0.25) is 0 Å². The fourth-order valence-corrected chi connectivity index (χ4v) is 2.98. The Morgan fingerprint density at radius 1 is 1.10 bits per heavy atom. The van der Waals surface area contributed by atoms with Crippen LogP contribution in [0.15, 0.2) is 54.6 Å². The molecule has 0 fully saturated rings. The summed E-state index contributed by atoms with van der Waals surface area (Å²) in [5.74, 6) is -1.37. The standard InChI is InChI=1S/C21H13ClFN5O/c1-12-8-19-20(27-28(26-19)15-5-3-14(22)4-6-15)10-18(12)25-21(29)16-7-2-13(11-24)9-17(16)23/h2-10H,1H3,(H,25,29). The normalized spacial score (nSPS) is 10.7. The molecule has 4 aromatic rings.